The third kappa shape index (κ3) is 2.33. The van der Waals surface area contributed by atoms with E-state index in [1.54, 1.807) is 19.4 Å². The van der Waals surface area contributed by atoms with Crippen molar-refractivity contribution in [1.29, 1.82) is 0 Å². The van der Waals surface area contributed by atoms with E-state index in [0.717, 1.165) is 41.0 Å². The molecule has 0 amide bonds. The Kier molecular flexibility index (Phi) is 3.48. The molecule has 0 aliphatic heterocycles. The van der Waals surface area contributed by atoms with Crippen molar-refractivity contribution in [3.63, 3.8) is 0 Å². The molecule has 3 aromatic heterocycles. The van der Waals surface area contributed by atoms with Gasteiger partial charge in [0.1, 0.15) is 18.6 Å². The summed E-state index contributed by atoms with van der Waals surface area (Å²) in [4.78, 5) is 16.2. The van der Waals surface area contributed by atoms with Crippen molar-refractivity contribution in [2.24, 2.45) is 0 Å². The van der Waals surface area contributed by atoms with E-state index in [1.807, 2.05) is 17.8 Å². The van der Waals surface area contributed by atoms with Crippen molar-refractivity contribution in [1.82, 2.24) is 14.8 Å². The van der Waals surface area contributed by atoms with E-state index in [2.05, 4.69) is 10.1 Å². The minimum atomic E-state index is -0.426. The van der Waals surface area contributed by atoms with Gasteiger partial charge in [-0.05, 0) is 25.8 Å². The standard InChI is InChI=1S/C17H17N3O4/c1-3-22-17(21)16-10(2)14-12(24-16)5-4-11-8-20(19-15(11)14)9-13-18-6-7-23-13/h6-8H,3-5,9H2,1-2H3. The van der Waals surface area contributed by atoms with E-state index >= 15 is 0 Å². The van der Waals surface area contributed by atoms with Crippen molar-refractivity contribution in [2.75, 3.05) is 6.61 Å². The summed E-state index contributed by atoms with van der Waals surface area (Å²) in [5, 5.41) is 4.65. The molecule has 0 atom stereocenters. The summed E-state index contributed by atoms with van der Waals surface area (Å²) in [7, 11) is 0. The van der Waals surface area contributed by atoms with Gasteiger partial charge in [-0.25, -0.2) is 9.78 Å². The third-order valence-electron chi connectivity index (χ3n) is 4.16. The quantitative estimate of drug-likeness (QED) is 0.685. The average molecular weight is 327 g/mol. The molecule has 0 bridgehead atoms. The van der Waals surface area contributed by atoms with Crippen LogP contribution in [0, 0.1) is 6.92 Å². The molecule has 4 rings (SSSR count). The number of hydrogen-bond donors (Lipinski definition) is 0. The first-order valence-corrected chi connectivity index (χ1v) is 7.91. The first-order valence-electron chi connectivity index (χ1n) is 7.91. The second kappa shape index (κ2) is 5.67. The molecule has 0 aromatic carbocycles. The zero-order valence-corrected chi connectivity index (χ0v) is 13.5. The Bertz CT molecular complexity index is 889. The van der Waals surface area contributed by atoms with Crippen LogP contribution in [-0.2, 0) is 24.1 Å². The molecule has 24 heavy (non-hydrogen) atoms. The zero-order chi connectivity index (χ0) is 16.7. The van der Waals surface area contributed by atoms with Crippen molar-refractivity contribution >= 4 is 5.97 Å². The first-order chi connectivity index (χ1) is 11.7. The maximum Gasteiger partial charge on any atom is 0.374 e. The van der Waals surface area contributed by atoms with Crippen molar-refractivity contribution in [2.45, 2.75) is 33.2 Å². The Labute approximate surface area is 138 Å². The monoisotopic (exact) mass is 327 g/mol. The van der Waals surface area contributed by atoms with Crippen molar-refractivity contribution in [3.05, 3.63) is 47.2 Å². The lowest BCUT2D eigenvalue weighted by atomic mass is 9.94. The summed E-state index contributed by atoms with van der Waals surface area (Å²) >= 11 is 0. The highest BCUT2D eigenvalue weighted by molar-refractivity contribution is 5.91. The van der Waals surface area contributed by atoms with Crippen LogP contribution in [0.4, 0.5) is 0 Å². The predicted octanol–water partition coefficient (Wildman–Crippen LogP) is 2.76. The van der Waals surface area contributed by atoms with Crippen LogP contribution in [0.25, 0.3) is 11.3 Å². The molecule has 0 N–H and O–H groups in total. The number of aryl methyl sites for hydroxylation is 2. The molecule has 124 valence electrons. The summed E-state index contributed by atoms with van der Waals surface area (Å²) in [5.41, 5.74) is 3.68. The molecule has 0 radical (unpaired) electrons. The number of hydrogen-bond acceptors (Lipinski definition) is 6. The van der Waals surface area contributed by atoms with Crippen LogP contribution in [-0.4, -0.2) is 27.3 Å². The fraction of sp³-hybridized carbons (Fsp3) is 0.353. The maximum atomic E-state index is 12.0. The van der Waals surface area contributed by atoms with Gasteiger partial charge >= 0.3 is 5.97 Å². The van der Waals surface area contributed by atoms with Gasteiger partial charge in [0, 0.05) is 23.7 Å². The summed E-state index contributed by atoms with van der Waals surface area (Å²) in [6.45, 7) is 4.44. The molecular formula is C17H17N3O4. The second-order valence-electron chi connectivity index (χ2n) is 5.70. The van der Waals surface area contributed by atoms with Crippen LogP contribution in [0.2, 0.25) is 0 Å². The number of carbonyl (C=O) groups excluding carboxylic acids is 1. The molecule has 7 nitrogen and oxygen atoms in total. The smallest absolute Gasteiger partial charge is 0.374 e. The second-order valence-corrected chi connectivity index (χ2v) is 5.70. The minimum Gasteiger partial charge on any atom is -0.460 e. The molecule has 1 aliphatic rings. The molecule has 0 unspecified atom stereocenters. The van der Waals surface area contributed by atoms with E-state index in [-0.39, 0.29) is 5.76 Å². The van der Waals surface area contributed by atoms with Crippen LogP contribution in [0.3, 0.4) is 0 Å². The van der Waals surface area contributed by atoms with Gasteiger partial charge in [-0.15, -0.1) is 0 Å². The summed E-state index contributed by atoms with van der Waals surface area (Å²) < 4.78 is 17.9. The lowest BCUT2D eigenvalue weighted by molar-refractivity contribution is 0.0487. The molecule has 1 aliphatic carbocycles. The number of oxazole rings is 1. The Hall–Kier alpha value is -2.83. The summed E-state index contributed by atoms with van der Waals surface area (Å²) in [6, 6.07) is 0. The molecule has 3 heterocycles. The van der Waals surface area contributed by atoms with Crippen LogP contribution >= 0.6 is 0 Å². The lowest BCUT2D eigenvalue weighted by Gasteiger charge is -2.09. The normalized spacial score (nSPS) is 12.8. The molecule has 0 saturated heterocycles. The fourth-order valence-electron chi connectivity index (χ4n) is 3.11. The molecule has 0 fully saturated rings. The minimum absolute atomic E-state index is 0.275. The lowest BCUT2D eigenvalue weighted by Crippen LogP contribution is -2.05. The van der Waals surface area contributed by atoms with Gasteiger partial charge in [-0.1, -0.05) is 0 Å². The van der Waals surface area contributed by atoms with Gasteiger partial charge in [0.25, 0.3) is 0 Å². The molecule has 7 heteroatoms. The number of fused-ring (bicyclic) bond motifs is 3. The molecule has 0 saturated carbocycles. The zero-order valence-electron chi connectivity index (χ0n) is 13.5. The Morgan fingerprint density at radius 1 is 1.42 bits per heavy atom. The van der Waals surface area contributed by atoms with E-state index < -0.39 is 5.97 Å². The topological polar surface area (TPSA) is 83.3 Å². The van der Waals surface area contributed by atoms with Crippen LogP contribution < -0.4 is 0 Å². The molecule has 3 aromatic rings. The Morgan fingerprint density at radius 3 is 3.04 bits per heavy atom. The third-order valence-corrected chi connectivity index (χ3v) is 4.16. The van der Waals surface area contributed by atoms with Gasteiger partial charge in [0.2, 0.25) is 11.7 Å². The molecule has 0 spiro atoms. The predicted molar refractivity (Wildman–Crippen MR) is 83.6 cm³/mol. The highest BCUT2D eigenvalue weighted by Crippen LogP contribution is 2.38. The number of rotatable bonds is 4. The maximum absolute atomic E-state index is 12.0. The van der Waals surface area contributed by atoms with Gasteiger partial charge in [0.05, 0.1) is 18.5 Å². The first kappa shape index (κ1) is 14.7. The largest absolute Gasteiger partial charge is 0.460 e. The number of esters is 1. The number of furan rings is 1. The van der Waals surface area contributed by atoms with Gasteiger partial charge in [0.15, 0.2) is 0 Å². The number of ether oxygens (including phenoxy) is 1. The number of carbonyl (C=O) groups is 1. The van der Waals surface area contributed by atoms with E-state index in [1.165, 1.54) is 0 Å². The molecular weight excluding hydrogens is 310 g/mol. The van der Waals surface area contributed by atoms with E-state index in [4.69, 9.17) is 13.6 Å². The summed E-state index contributed by atoms with van der Waals surface area (Å²) in [6.07, 6.45) is 6.72. The van der Waals surface area contributed by atoms with Crippen LogP contribution in [0.1, 0.15) is 40.3 Å². The Morgan fingerprint density at radius 2 is 2.29 bits per heavy atom. The highest BCUT2D eigenvalue weighted by Gasteiger charge is 2.30. The van der Waals surface area contributed by atoms with Gasteiger partial charge in [-0.2, -0.15) is 5.10 Å². The SMILES string of the molecule is CCOC(=O)c1oc2c(c1C)-c1nn(Cc3ncco3)cc1CC2. The van der Waals surface area contributed by atoms with Crippen molar-refractivity contribution < 1.29 is 18.4 Å². The van der Waals surface area contributed by atoms with Gasteiger partial charge < -0.3 is 13.6 Å². The van der Waals surface area contributed by atoms with Crippen LogP contribution in [0.5, 0.6) is 0 Å². The van der Waals surface area contributed by atoms with Gasteiger partial charge in [-0.3, -0.25) is 4.68 Å². The van der Waals surface area contributed by atoms with Crippen LogP contribution in [0.15, 0.2) is 27.5 Å². The number of aromatic nitrogens is 3. The summed E-state index contributed by atoms with van der Waals surface area (Å²) in [5.74, 6) is 1.25. The Balaban J connectivity index is 1.72. The highest BCUT2D eigenvalue weighted by atomic mass is 16.5. The van der Waals surface area contributed by atoms with Crippen molar-refractivity contribution in [3.8, 4) is 11.3 Å². The fourth-order valence-corrected chi connectivity index (χ4v) is 3.11. The average Bonchev–Trinajstić information content (AvgIpc) is 3.26. The number of nitrogens with zero attached hydrogens (tertiary/aromatic N) is 3. The van der Waals surface area contributed by atoms with E-state index in [0.29, 0.717) is 19.0 Å². The van der Waals surface area contributed by atoms with E-state index in [9.17, 15) is 4.79 Å².